The van der Waals surface area contributed by atoms with Crippen LogP contribution in [0.1, 0.15) is 0 Å². The van der Waals surface area contributed by atoms with E-state index in [1.807, 2.05) is 22.8 Å². The van der Waals surface area contributed by atoms with Crippen molar-refractivity contribution in [2.75, 3.05) is 0 Å². The van der Waals surface area contributed by atoms with Gasteiger partial charge in [-0.05, 0) is 42.5 Å². The first kappa shape index (κ1) is 14.4. The van der Waals surface area contributed by atoms with Gasteiger partial charge in [0, 0.05) is 4.47 Å². The lowest BCUT2D eigenvalue weighted by Gasteiger charge is -2.08. The fraction of sp³-hybridized carbons (Fsp3) is 0. The summed E-state index contributed by atoms with van der Waals surface area (Å²) in [6, 6.07) is 9.12. The Morgan fingerprint density at radius 1 is 1.00 bits per heavy atom. The van der Waals surface area contributed by atoms with E-state index in [2.05, 4.69) is 20.9 Å². The molecule has 0 aliphatic rings. The fourth-order valence-electron chi connectivity index (χ4n) is 2.00. The van der Waals surface area contributed by atoms with Crippen molar-refractivity contribution in [2.45, 2.75) is 0 Å². The van der Waals surface area contributed by atoms with Gasteiger partial charge in [0.1, 0.15) is 0 Å². The van der Waals surface area contributed by atoms with Gasteiger partial charge in [-0.3, -0.25) is 4.57 Å². The first-order valence-electron chi connectivity index (χ1n) is 5.52. The molecule has 3 rings (SSSR count). The Morgan fingerprint density at radius 3 is 2.40 bits per heavy atom. The number of hydrogen-bond acceptors (Lipinski definition) is 1. The molecule has 0 aliphatic carbocycles. The van der Waals surface area contributed by atoms with Crippen molar-refractivity contribution in [3.05, 3.63) is 54.6 Å². The highest BCUT2D eigenvalue weighted by Crippen LogP contribution is 2.32. The van der Waals surface area contributed by atoms with Crippen LogP contribution in [0.3, 0.4) is 0 Å². The predicted octanol–water partition coefficient (Wildman–Crippen LogP) is 6.41. The number of imidazole rings is 1. The third kappa shape index (κ3) is 2.40. The molecule has 3 aromatic rings. The molecule has 0 bridgehead atoms. The minimum atomic E-state index is 0.468. The lowest BCUT2D eigenvalue weighted by molar-refractivity contribution is 1.06. The molecule has 0 unspecified atom stereocenters. The zero-order valence-corrected chi connectivity index (χ0v) is 14.4. The summed E-state index contributed by atoms with van der Waals surface area (Å²) < 4.78 is 3.27. The SMILES string of the molecule is S=c1[nH]c2cc(Cl)c(Cl)cc2n1-c1ccc(Br)cc1Cl. The smallest absolute Gasteiger partial charge is 0.182 e. The Balaban J connectivity index is 2.39. The first-order valence-corrected chi connectivity index (χ1v) is 7.86. The van der Waals surface area contributed by atoms with Gasteiger partial charge in [0.15, 0.2) is 4.77 Å². The van der Waals surface area contributed by atoms with E-state index in [1.165, 1.54) is 0 Å². The number of aromatic nitrogens is 2. The first-order chi connectivity index (χ1) is 9.47. The lowest BCUT2D eigenvalue weighted by atomic mass is 10.3. The molecule has 0 fully saturated rings. The largest absolute Gasteiger partial charge is 0.330 e. The van der Waals surface area contributed by atoms with E-state index < -0.39 is 0 Å². The lowest BCUT2D eigenvalue weighted by Crippen LogP contribution is -1.95. The van der Waals surface area contributed by atoms with E-state index >= 15 is 0 Å². The van der Waals surface area contributed by atoms with Gasteiger partial charge in [-0.2, -0.15) is 0 Å². The van der Waals surface area contributed by atoms with Crippen LogP contribution >= 0.6 is 63.0 Å². The highest BCUT2D eigenvalue weighted by Gasteiger charge is 2.12. The van der Waals surface area contributed by atoms with Crippen LogP contribution < -0.4 is 0 Å². The number of hydrogen-bond donors (Lipinski definition) is 1. The average molecular weight is 409 g/mol. The van der Waals surface area contributed by atoms with Gasteiger partial charge < -0.3 is 4.98 Å². The molecular weight excluding hydrogens is 402 g/mol. The Bertz CT molecular complexity index is 885. The molecule has 1 heterocycles. The fourth-order valence-corrected chi connectivity index (χ4v) is 3.39. The van der Waals surface area contributed by atoms with E-state index in [0.29, 0.717) is 19.8 Å². The van der Waals surface area contributed by atoms with Crippen LogP contribution in [0.2, 0.25) is 15.1 Å². The summed E-state index contributed by atoms with van der Waals surface area (Å²) in [5.74, 6) is 0. The zero-order valence-electron chi connectivity index (χ0n) is 9.75. The van der Waals surface area contributed by atoms with Crippen molar-refractivity contribution in [1.82, 2.24) is 9.55 Å². The van der Waals surface area contributed by atoms with E-state index in [-0.39, 0.29) is 0 Å². The molecule has 0 amide bonds. The third-order valence-corrected chi connectivity index (χ3v) is 4.68. The van der Waals surface area contributed by atoms with Crippen LogP contribution in [0.5, 0.6) is 0 Å². The highest BCUT2D eigenvalue weighted by atomic mass is 79.9. The van der Waals surface area contributed by atoms with Gasteiger partial charge in [0.25, 0.3) is 0 Å². The van der Waals surface area contributed by atoms with Crippen LogP contribution in [0.4, 0.5) is 0 Å². The van der Waals surface area contributed by atoms with Gasteiger partial charge in [0.2, 0.25) is 0 Å². The van der Waals surface area contributed by atoms with Crippen molar-refractivity contribution in [3.8, 4) is 5.69 Å². The second kappa shape index (κ2) is 5.35. The van der Waals surface area contributed by atoms with Crippen molar-refractivity contribution >= 4 is 74.0 Å². The Labute approximate surface area is 143 Å². The van der Waals surface area contributed by atoms with Crippen LogP contribution in [0, 0.1) is 4.77 Å². The second-order valence-corrected chi connectivity index (χ2v) is 6.67. The highest BCUT2D eigenvalue weighted by molar-refractivity contribution is 9.10. The standard InChI is InChI=1S/C13H6BrCl3N2S/c14-6-1-2-11(9(17)3-6)19-12-5-8(16)7(15)4-10(12)18-13(19)20/h1-5H,(H,18,20). The van der Waals surface area contributed by atoms with Crippen molar-refractivity contribution in [1.29, 1.82) is 0 Å². The summed E-state index contributed by atoms with van der Waals surface area (Å²) in [6.07, 6.45) is 0. The molecule has 2 nitrogen and oxygen atoms in total. The summed E-state index contributed by atoms with van der Waals surface area (Å²) in [4.78, 5) is 3.10. The summed E-state index contributed by atoms with van der Waals surface area (Å²) in [5.41, 5.74) is 2.42. The number of nitrogens with one attached hydrogen (secondary N) is 1. The third-order valence-electron chi connectivity index (χ3n) is 2.87. The summed E-state index contributed by atoms with van der Waals surface area (Å²) in [7, 11) is 0. The van der Waals surface area contributed by atoms with Gasteiger partial charge >= 0.3 is 0 Å². The van der Waals surface area contributed by atoms with E-state index in [1.54, 1.807) is 12.1 Å². The molecule has 102 valence electrons. The number of aromatic amines is 1. The van der Waals surface area contributed by atoms with Crippen LogP contribution in [0.15, 0.2) is 34.8 Å². The number of H-pyrrole nitrogens is 1. The minimum Gasteiger partial charge on any atom is -0.330 e. The number of nitrogens with zero attached hydrogens (tertiary/aromatic N) is 1. The zero-order chi connectivity index (χ0) is 14.4. The second-order valence-electron chi connectivity index (χ2n) is 4.14. The maximum Gasteiger partial charge on any atom is 0.182 e. The Hall–Kier alpha value is -0.520. The normalized spacial score (nSPS) is 11.2. The van der Waals surface area contributed by atoms with E-state index in [4.69, 9.17) is 47.0 Å². The summed E-state index contributed by atoms with van der Waals surface area (Å²) >= 11 is 27.1. The molecule has 20 heavy (non-hydrogen) atoms. The molecule has 7 heteroatoms. The maximum atomic E-state index is 6.29. The summed E-state index contributed by atoms with van der Waals surface area (Å²) in [5, 5.41) is 1.53. The average Bonchev–Trinajstić information content (AvgIpc) is 2.66. The molecular formula is C13H6BrCl3N2S. The number of benzene rings is 2. The number of rotatable bonds is 1. The van der Waals surface area contributed by atoms with Gasteiger partial charge in [0.05, 0.1) is 31.8 Å². The number of fused-ring (bicyclic) bond motifs is 1. The van der Waals surface area contributed by atoms with Crippen LogP contribution in [-0.2, 0) is 0 Å². The molecule has 0 saturated carbocycles. The van der Waals surface area contributed by atoms with Crippen molar-refractivity contribution < 1.29 is 0 Å². The van der Waals surface area contributed by atoms with Crippen LogP contribution in [0.25, 0.3) is 16.7 Å². The molecule has 0 radical (unpaired) electrons. The number of halogens is 4. The van der Waals surface area contributed by atoms with Gasteiger partial charge in [-0.25, -0.2) is 0 Å². The molecule has 0 atom stereocenters. The van der Waals surface area contributed by atoms with Crippen molar-refractivity contribution in [3.63, 3.8) is 0 Å². The van der Waals surface area contributed by atoms with Gasteiger partial charge in [-0.15, -0.1) is 0 Å². The predicted molar refractivity (Wildman–Crippen MR) is 91.2 cm³/mol. The van der Waals surface area contributed by atoms with E-state index in [0.717, 1.165) is 21.2 Å². The molecule has 0 spiro atoms. The minimum absolute atomic E-state index is 0.468. The topological polar surface area (TPSA) is 20.7 Å². The monoisotopic (exact) mass is 406 g/mol. The molecule has 2 aromatic carbocycles. The van der Waals surface area contributed by atoms with Gasteiger partial charge in [-0.1, -0.05) is 50.7 Å². The van der Waals surface area contributed by atoms with E-state index in [9.17, 15) is 0 Å². The molecule has 0 aliphatic heterocycles. The summed E-state index contributed by atoms with van der Waals surface area (Å²) in [6.45, 7) is 0. The molecule has 1 aromatic heterocycles. The maximum absolute atomic E-state index is 6.29. The quantitative estimate of drug-likeness (QED) is 0.461. The molecule has 1 N–H and O–H groups in total. The Kier molecular flexibility index (Phi) is 3.86. The van der Waals surface area contributed by atoms with Crippen LogP contribution in [-0.4, -0.2) is 9.55 Å². The molecule has 0 saturated heterocycles. The Morgan fingerprint density at radius 2 is 1.70 bits per heavy atom. The van der Waals surface area contributed by atoms with Crippen molar-refractivity contribution in [2.24, 2.45) is 0 Å².